The molecule has 1 atom stereocenters. The van der Waals surface area contributed by atoms with Gasteiger partial charge in [-0.05, 0) is 23.8 Å². The summed E-state index contributed by atoms with van der Waals surface area (Å²) in [5.41, 5.74) is 5.47. The van der Waals surface area contributed by atoms with Crippen LogP contribution in [0.2, 0.25) is 5.02 Å². The Morgan fingerprint density at radius 3 is 2.86 bits per heavy atom. The topological polar surface area (TPSA) is 63.3 Å². The minimum atomic E-state index is -1.16. The maximum atomic E-state index is 13.1. The van der Waals surface area contributed by atoms with Crippen molar-refractivity contribution in [3.63, 3.8) is 0 Å². The number of benzene rings is 1. The molecular formula is C9H9ClFNO2. The van der Waals surface area contributed by atoms with Crippen LogP contribution in [-0.4, -0.2) is 17.1 Å². The van der Waals surface area contributed by atoms with Crippen LogP contribution in [0.15, 0.2) is 18.2 Å². The second kappa shape index (κ2) is 4.39. The molecule has 0 saturated carbocycles. The molecule has 0 fully saturated rings. The molecule has 1 rings (SSSR count). The molecule has 0 aromatic heterocycles. The third kappa shape index (κ3) is 2.68. The lowest BCUT2D eigenvalue weighted by Crippen LogP contribution is -2.32. The minimum Gasteiger partial charge on any atom is -0.480 e. The molecule has 0 aliphatic heterocycles. The summed E-state index contributed by atoms with van der Waals surface area (Å²) >= 11 is 5.62. The lowest BCUT2D eigenvalue weighted by Gasteiger charge is -2.07. The van der Waals surface area contributed by atoms with Gasteiger partial charge in [-0.15, -0.1) is 0 Å². The molecule has 0 saturated heterocycles. The largest absolute Gasteiger partial charge is 0.480 e. The van der Waals surface area contributed by atoms with Gasteiger partial charge in [-0.3, -0.25) is 4.79 Å². The number of aliphatic carboxylic acids is 1. The number of hydrogen-bond donors (Lipinski definition) is 2. The normalized spacial score (nSPS) is 12.5. The van der Waals surface area contributed by atoms with Gasteiger partial charge in [0, 0.05) is 11.4 Å². The Hall–Kier alpha value is -1.13. The van der Waals surface area contributed by atoms with Crippen LogP contribution in [0.5, 0.6) is 0 Å². The smallest absolute Gasteiger partial charge is 0.320 e. The first-order valence-corrected chi connectivity index (χ1v) is 4.31. The molecule has 76 valence electrons. The van der Waals surface area contributed by atoms with Crippen LogP contribution in [0.4, 0.5) is 4.39 Å². The molecule has 0 amide bonds. The second-order valence-electron chi connectivity index (χ2n) is 2.88. The lowest BCUT2D eigenvalue weighted by atomic mass is 10.1. The van der Waals surface area contributed by atoms with Crippen molar-refractivity contribution in [3.8, 4) is 0 Å². The highest BCUT2D eigenvalue weighted by atomic mass is 35.5. The summed E-state index contributed by atoms with van der Waals surface area (Å²) in [6.45, 7) is 0. The van der Waals surface area contributed by atoms with Crippen LogP contribution >= 0.6 is 11.6 Å². The molecule has 1 aromatic rings. The highest BCUT2D eigenvalue weighted by molar-refractivity contribution is 6.30. The Balaban J connectivity index is 2.85. The molecule has 0 aliphatic carbocycles. The number of rotatable bonds is 3. The summed E-state index contributed by atoms with van der Waals surface area (Å²) in [6.07, 6.45) is -0.0677. The summed E-state index contributed by atoms with van der Waals surface area (Å²) in [4.78, 5) is 10.4. The number of nitrogens with two attached hydrogens (primary N) is 1. The molecule has 3 nitrogen and oxygen atoms in total. The summed E-state index contributed by atoms with van der Waals surface area (Å²) in [6, 6.07) is 2.85. The molecule has 0 unspecified atom stereocenters. The van der Waals surface area contributed by atoms with Gasteiger partial charge in [-0.25, -0.2) is 4.39 Å². The molecule has 0 spiro atoms. The van der Waals surface area contributed by atoms with Gasteiger partial charge in [0.05, 0.1) is 0 Å². The molecule has 0 heterocycles. The molecular weight excluding hydrogens is 209 g/mol. The fourth-order valence-electron chi connectivity index (χ4n) is 1.02. The van der Waals surface area contributed by atoms with E-state index < -0.39 is 17.8 Å². The Labute approximate surface area is 85.3 Å². The van der Waals surface area contributed by atoms with Crippen molar-refractivity contribution in [1.82, 2.24) is 0 Å². The van der Waals surface area contributed by atoms with Gasteiger partial charge in [-0.1, -0.05) is 11.6 Å². The highest BCUT2D eigenvalue weighted by Crippen LogP contribution is 2.15. The van der Waals surface area contributed by atoms with Crippen molar-refractivity contribution in [1.29, 1.82) is 0 Å². The summed E-state index contributed by atoms with van der Waals surface area (Å²) in [7, 11) is 0. The Morgan fingerprint density at radius 1 is 1.64 bits per heavy atom. The van der Waals surface area contributed by atoms with E-state index in [1.807, 2.05) is 0 Å². The zero-order chi connectivity index (χ0) is 10.7. The number of halogens is 2. The van der Waals surface area contributed by atoms with Crippen molar-refractivity contribution < 1.29 is 14.3 Å². The van der Waals surface area contributed by atoms with Crippen LogP contribution < -0.4 is 5.73 Å². The Kier molecular flexibility index (Phi) is 3.43. The van der Waals surface area contributed by atoms with Crippen molar-refractivity contribution >= 4 is 17.6 Å². The number of carboxylic acids is 1. The predicted molar refractivity (Wildman–Crippen MR) is 50.7 cm³/mol. The van der Waals surface area contributed by atoms with Crippen molar-refractivity contribution in [2.24, 2.45) is 5.73 Å². The second-order valence-corrected chi connectivity index (χ2v) is 3.32. The van der Waals surface area contributed by atoms with E-state index >= 15 is 0 Å². The predicted octanol–water partition coefficient (Wildman–Crippen LogP) is 1.43. The van der Waals surface area contributed by atoms with Crippen molar-refractivity contribution in [2.45, 2.75) is 12.5 Å². The first-order valence-electron chi connectivity index (χ1n) is 3.93. The monoisotopic (exact) mass is 217 g/mol. The summed E-state index contributed by atoms with van der Waals surface area (Å²) in [5.74, 6) is -1.66. The van der Waals surface area contributed by atoms with E-state index in [1.165, 1.54) is 18.2 Å². The average molecular weight is 218 g/mol. The van der Waals surface area contributed by atoms with Gasteiger partial charge in [0.2, 0.25) is 0 Å². The maximum absolute atomic E-state index is 13.1. The molecule has 0 aliphatic rings. The fourth-order valence-corrected chi connectivity index (χ4v) is 1.22. The third-order valence-electron chi connectivity index (χ3n) is 1.76. The van der Waals surface area contributed by atoms with E-state index in [1.54, 1.807) is 0 Å². The molecule has 14 heavy (non-hydrogen) atoms. The lowest BCUT2D eigenvalue weighted by molar-refractivity contribution is -0.138. The molecule has 3 N–H and O–H groups in total. The first-order chi connectivity index (χ1) is 6.50. The first kappa shape index (κ1) is 10.9. The van der Waals surface area contributed by atoms with Crippen LogP contribution in [0.1, 0.15) is 5.56 Å². The third-order valence-corrected chi connectivity index (χ3v) is 2.00. The van der Waals surface area contributed by atoms with Gasteiger partial charge in [-0.2, -0.15) is 0 Å². The number of carboxylic acid groups (broad SMARTS) is 1. The number of carbonyl (C=O) groups is 1. The van der Waals surface area contributed by atoms with Crippen LogP contribution in [0.25, 0.3) is 0 Å². The summed E-state index contributed by atoms with van der Waals surface area (Å²) < 4.78 is 13.1. The molecule has 0 bridgehead atoms. The van der Waals surface area contributed by atoms with E-state index in [0.717, 1.165) is 0 Å². The van der Waals surface area contributed by atoms with Crippen LogP contribution in [-0.2, 0) is 11.2 Å². The van der Waals surface area contributed by atoms with Gasteiger partial charge in [0.15, 0.2) is 0 Å². The fraction of sp³-hybridized carbons (Fsp3) is 0.222. The van der Waals surface area contributed by atoms with Crippen LogP contribution in [0, 0.1) is 5.82 Å². The highest BCUT2D eigenvalue weighted by Gasteiger charge is 2.14. The average Bonchev–Trinajstić information content (AvgIpc) is 2.11. The quantitative estimate of drug-likeness (QED) is 0.805. The van der Waals surface area contributed by atoms with Gasteiger partial charge in [0.1, 0.15) is 11.9 Å². The van der Waals surface area contributed by atoms with Gasteiger partial charge < -0.3 is 10.8 Å². The standard InChI is InChI=1S/C9H9ClFNO2/c10-6-1-2-7(11)5(3-6)4-8(12)9(13)14/h1-3,8H,4,12H2,(H,13,14)/t8-/m0/s1. The molecule has 5 heteroatoms. The van der Waals surface area contributed by atoms with Crippen LogP contribution in [0.3, 0.4) is 0 Å². The van der Waals surface area contributed by atoms with Crippen molar-refractivity contribution in [3.05, 3.63) is 34.6 Å². The molecule has 0 radical (unpaired) electrons. The Morgan fingerprint density at radius 2 is 2.29 bits per heavy atom. The summed E-state index contributed by atoms with van der Waals surface area (Å²) in [5, 5.41) is 8.88. The minimum absolute atomic E-state index is 0.0677. The van der Waals surface area contributed by atoms with E-state index in [-0.39, 0.29) is 12.0 Å². The maximum Gasteiger partial charge on any atom is 0.320 e. The van der Waals surface area contributed by atoms with Crippen molar-refractivity contribution in [2.75, 3.05) is 0 Å². The Bertz CT molecular complexity index is 357. The number of hydrogen-bond acceptors (Lipinski definition) is 2. The van der Waals surface area contributed by atoms with Gasteiger partial charge in [0.25, 0.3) is 0 Å². The zero-order valence-electron chi connectivity index (χ0n) is 7.21. The van der Waals surface area contributed by atoms with Gasteiger partial charge >= 0.3 is 5.97 Å². The van der Waals surface area contributed by atoms with E-state index in [4.69, 9.17) is 22.4 Å². The molecule has 1 aromatic carbocycles. The van der Waals surface area contributed by atoms with E-state index in [9.17, 15) is 9.18 Å². The SMILES string of the molecule is N[C@@H](Cc1cc(Cl)ccc1F)C(=O)O. The zero-order valence-corrected chi connectivity index (χ0v) is 7.96. The van der Waals surface area contributed by atoms with E-state index in [2.05, 4.69) is 0 Å². The van der Waals surface area contributed by atoms with E-state index in [0.29, 0.717) is 5.02 Å².